The number of carboxylic acid groups (broad SMARTS) is 1. The van der Waals surface area contributed by atoms with Crippen LogP contribution in [0.2, 0.25) is 10.0 Å². The monoisotopic (exact) mass is 469 g/mol. The Bertz CT molecular complexity index is 1080. The van der Waals surface area contributed by atoms with Gasteiger partial charge in [-0.25, -0.2) is 14.5 Å². The summed E-state index contributed by atoms with van der Waals surface area (Å²) in [5, 5.41) is 21.2. The molecule has 1 aliphatic heterocycles. The largest absolute Gasteiger partial charge is 0.477 e. The number of piperidine rings is 1. The Morgan fingerprint density at radius 2 is 2.17 bits per heavy atom. The summed E-state index contributed by atoms with van der Waals surface area (Å²) in [5.41, 5.74) is 0.831. The number of aromatic carboxylic acids is 1. The molecular formula is C17H17Cl2N7O3S. The zero-order valence-electron chi connectivity index (χ0n) is 15.7. The van der Waals surface area contributed by atoms with Crippen LogP contribution in [0.3, 0.4) is 0 Å². The molecule has 0 saturated carbocycles. The Hall–Kier alpha value is -2.63. The number of aromatic amines is 1. The second kappa shape index (κ2) is 8.25. The molecule has 4 rings (SSSR count). The van der Waals surface area contributed by atoms with Crippen molar-refractivity contribution < 1.29 is 14.7 Å². The number of anilines is 1. The number of halogens is 2. The lowest BCUT2D eigenvalue weighted by atomic mass is 9.99. The normalized spacial score (nSPS) is 19.1. The molecule has 0 unspecified atom stereocenters. The second-order valence-corrected chi connectivity index (χ2v) is 8.60. The number of hydrogen-bond donors (Lipinski definition) is 3. The van der Waals surface area contributed by atoms with Gasteiger partial charge in [0.2, 0.25) is 0 Å². The van der Waals surface area contributed by atoms with E-state index >= 15 is 0 Å². The number of hydrogen-bond acceptors (Lipinski definition) is 7. The van der Waals surface area contributed by atoms with Crippen LogP contribution >= 0.6 is 34.5 Å². The van der Waals surface area contributed by atoms with Crippen LogP contribution in [0.1, 0.15) is 38.3 Å². The number of thiazole rings is 1. The highest BCUT2D eigenvalue weighted by Gasteiger charge is 2.34. The van der Waals surface area contributed by atoms with Gasteiger partial charge in [0.15, 0.2) is 5.13 Å². The molecule has 3 aromatic rings. The van der Waals surface area contributed by atoms with Crippen LogP contribution in [0.5, 0.6) is 0 Å². The molecule has 158 valence electrons. The molecule has 2 atom stereocenters. The summed E-state index contributed by atoms with van der Waals surface area (Å²) >= 11 is 13.4. The van der Waals surface area contributed by atoms with Crippen molar-refractivity contribution in [2.24, 2.45) is 0 Å². The topological polar surface area (TPSA) is 129 Å². The van der Waals surface area contributed by atoms with Gasteiger partial charge >= 0.3 is 5.97 Å². The minimum absolute atomic E-state index is 0.173. The van der Waals surface area contributed by atoms with E-state index in [-0.39, 0.29) is 33.6 Å². The van der Waals surface area contributed by atoms with E-state index in [4.69, 9.17) is 28.3 Å². The molecule has 1 saturated heterocycles. The summed E-state index contributed by atoms with van der Waals surface area (Å²) in [5.74, 6) is -1.37. The Balaban J connectivity index is 1.55. The highest BCUT2D eigenvalue weighted by atomic mass is 35.5. The quantitative estimate of drug-likeness (QED) is 0.523. The van der Waals surface area contributed by atoms with Gasteiger partial charge in [0.05, 0.1) is 34.5 Å². The number of carbonyl (C=O) groups is 2. The van der Waals surface area contributed by atoms with Crippen molar-refractivity contribution in [3.8, 4) is 0 Å². The maximum Gasteiger partial charge on any atom is 0.347 e. The third kappa shape index (κ3) is 3.87. The summed E-state index contributed by atoms with van der Waals surface area (Å²) in [6, 6.07) is -0.500. The fourth-order valence-electron chi connectivity index (χ4n) is 3.41. The first-order chi connectivity index (χ1) is 14.3. The molecule has 13 heteroatoms. The lowest BCUT2D eigenvalue weighted by Gasteiger charge is -2.38. The van der Waals surface area contributed by atoms with E-state index in [2.05, 4.69) is 25.6 Å². The van der Waals surface area contributed by atoms with E-state index < -0.39 is 5.97 Å². The van der Waals surface area contributed by atoms with Crippen molar-refractivity contribution in [1.82, 2.24) is 30.3 Å². The van der Waals surface area contributed by atoms with Crippen molar-refractivity contribution in [3.05, 3.63) is 44.9 Å². The second-order valence-electron chi connectivity index (χ2n) is 6.83. The van der Waals surface area contributed by atoms with Gasteiger partial charge in [-0.05, 0) is 13.3 Å². The lowest BCUT2D eigenvalue weighted by Crippen LogP contribution is -2.52. The number of nitrogens with zero attached hydrogens (tertiary/aromatic N) is 5. The Morgan fingerprint density at radius 3 is 2.77 bits per heavy atom. The molecule has 1 fully saturated rings. The van der Waals surface area contributed by atoms with Crippen LogP contribution in [0.4, 0.5) is 5.13 Å². The summed E-state index contributed by atoms with van der Waals surface area (Å²) in [6.45, 7) is 2.79. The number of H-pyrrole nitrogens is 1. The van der Waals surface area contributed by atoms with Crippen LogP contribution in [0, 0.1) is 6.92 Å². The fraction of sp³-hybridized carbons (Fsp3) is 0.353. The van der Waals surface area contributed by atoms with Crippen molar-refractivity contribution in [2.45, 2.75) is 25.4 Å². The van der Waals surface area contributed by atoms with Crippen LogP contribution in [0.15, 0.2) is 18.6 Å². The van der Waals surface area contributed by atoms with Crippen molar-refractivity contribution >= 4 is 51.5 Å². The molecule has 1 amide bonds. The van der Waals surface area contributed by atoms with Gasteiger partial charge in [-0.15, -0.1) is 5.10 Å². The SMILES string of the molecule is Cc1[nH]c(C(=O)N[C@H]2CCN(c3ncc(C(=O)O)s3)C[C@H]2n2ccnn2)c(Cl)c1Cl. The van der Waals surface area contributed by atoms with E-state index in [9.17, 15) is 9.59 Å². The maximum absolute atomic E-state index is 12.8. The Morgan fingerprint density at radius 1 is 1.37 bits per heavy atom. The zero-order valence-corrected chi connectivity index (χ0v) is 18.0. The molecule has 0 aromatic carbocycles. The molecule has 3 aromatic heterocycles. The number of rotatable bonds is 5. The van der Waals surface area contributed by atoms with Gasteiger partial charge in [0, 0.05) is 25.0 Å². The predicted octanol–water partition coefficient (Wildman–Crippen LogP) is 2.63. The molecule has 1 aliphatic rings. The first kappa shape index (κ1) is 20.6. The molecule has 0 bridgehead atoms. The van der Waals surface area contributed by atoms with E-state index in [1.807, 2.05) is 4.90 Å². The number of nitrogens with one attached hydrogen (secondary N) is 2. The lowest BCUT2D eigenvalue weighted by molar-refractivity contribution is 0.0701. The molecule has 0 spiro atoms. The molecule has 30 heavy (non-hydrogen) atoms. The fourth-order valence-corrected chi connectivity index (χ4v) is 4.62. The van der Waals surface area contributed by atoms with Crippen LogP contribution in [-0.4, -0.2) is 61.1 Å². The van der Waals surface area contributed by atoms with Crippen LogP contribution in [0.25, 0.3) is 0 Å². The van der Waals surface area contributed by atoms with Gasteiger partial charge in [-0.3, -0.25) is 4.79 Å². The van der Waals surface area contributed by atoms with Crippen molar-refractivity contribution in [1.29, 1.82) is 0 Å². The highest BCUT2D eigenvalue weighted by molar-refractivity contribution is 7.17. The van der Waals surface area contributed by atoms with Gasteiger partial charge in [0.1, 0.15) is 10.6 Å². The molecule has 4 heterocycles. The minimum atomic E-state index is -1.01. The van der Waals surface area contributed by atoms with Crippen molar-refractivity contribution in [3.63, 3.8) is 0 Å². The van der Waals surface area contributed by atoms with Crippen LogP contribution < -0.4 is 10.2 Å². The third-order valence-corrected chi connectivity index (χ3v) is 6.93. The number of amides is 1. The summed E-state index contributed by atoms with van der Waals surface area (Å²) < 4.78 is 1.68. The van der Waals surface area contributed by atoms with E-state index in [1.165, 1.54) is 6.20 Å². The van der Waals surface area contributed by atoms with E-state index in [0.29, 0.717) is 35.4 Å². The summed E-state index contributed by atoms with van der Waals surface area (Å²) in [7, 11) is 0. The van der Waals surface area contributed by atoms with Crippen molar-refractivity contribution in [2.75, 3.05) is 18.0 Å². The average Bonchev–Trinajstić information content (AvgIpc) is 3.46. The molecule has 3 N–H and O–H groups in total. The highest BCUT2D eigenvalue weighted by Crippen LogP contribution is 2.31. The standard InChI is InChI=1S/C17H17Cl2N7O3S/c1-8-12(18)13(19)14(22-8)15(27)23-9-2-4-25(7-10(9)26-5-3-21-24-26)17-20-6-11(30-17)16(28)29/h3,5-6,9-10,22H,2,4,7H2,1H3,(H,23,27)(H,28,29)/t9-,10+/m0/s1. The van der Waals surface area contributed by atoms with Gasteiger partial charge in [0.25, 0.3) is 5.91 Å². The van der Waals surface area contributed by atoms with Gasteiger partial charge in [-0.2, -0.15) is 0 Å². The smallest absolute Gasteiger partial charge is 0.347 e. The third-order valence-electron chi connectivity index (χ3n) is 4.93. The molecule has 10 nitrogen and oxygen atoms in total. The number of carboxylic acids is 1. The number of aryl methyl sites for hydroxylation is 1. The molecule has 0 radical (unpaired) electrons. The molecular weight excluding hydrogens is 453 g/mol. The van der Waals surface area contributed by atoms with Crippen LogP contribution in [-0.2, 0) is 0 Å². The average molecular weight is 470 g/mol. The summed E-state index contributed by atoms with van der Waals surface area (Å²) in [4.78, 5) is 33.3. The van der Waals surface area contributed by atoms with E-state index in [1.54, 1.807) is 24.0 Å². The minimum Gasteiger partial charge on any atom is -0.477 e. The predicted molar refractivity (Wildman–Crippen MR) is 112 cm³/mol. The number of carbonyl (C=O) groups excluding carboxylic acids is 1. The zero-order chi connectivity index (χ0) is 21.4. The van der Waals surface area contributed by atoms with Gasteiger partial charge in [-0.1, -0.05) is 39.8 Å². The Labute approximate surface area is 184 Å². The Kier molecular flexibility index (Phi) is 5.67. The van der Waals surface area contributed by atoms with Gasteiger partial charge < -0.3 is 20.3 Å². The first-order valence-corrected chi connectivity index (χ1v) is 10.6. The summed E-state index contributed by atoms with van der Waals surface area (Å²) in [6.07, 6.45) is 5.22. The van der Waals surface area contributed by atoms with E-state index in [0.717, 1.165) is 11.3 Å². The molecule has 0 aliphatic carbocycles. The maximum atomic E-state index is 12.8. The first-order valence-electron chi connectivity index (χ1n) is 8.99. The number of aromatic nitrogens is 5.